The third-order valence-electron chi connectivity index (χ3n) is 6.38. The smallest absolute Gasteiger partial charge is 0.228 e. The van der Waals surface area contributed by atoms with Gasteiger partial charge in [-0.25, -0.2) is 9.37 Å². The predicted molar refractivity (Wildman–Crippen MR) is 133 cm³/mol. The summed E-state index contributed by atoms with van der Waals surface area (Å²) in [5.41, 5.74) is 7.33. The molecule has 0 aliphatic carbocycles. The molecule has 3 aromatic rings. The Balaban J connectivity index is 1.48. The summed E-state index contributed by atoms with van der Waals surface area (Å²) in [4.78, 5) is 27.8. The Hall–Kier alpha value is -3.66. The molecule has 1 fully saturated rings. The highest BCUT2D eigenvalue weighted by Gasteiger charge is 2.27. The number of hydrogen-bond acceptors (Lipinski definition) is 8. The van der Waals surface area contributed by atoms with Gasteiger partial charge in [0, 0.05) is 44.0 Å². The first-order valence-corrected chi connectivity index (χ1v) is 11.5. The topological polar surface area (TPSA) is 97.0 Å². The molecular formula is C25H31FN6O3. The van der Waals surface area contributed by atoms with Gasteiger partial charge >= 0.3 is 0 Å². The summed E-state index contributed by atoms with van der Waals surface area (Å²) in [5.74, 6) is 0.104. The van der Waals surface area contributed by atoms with Gasteiger partial charge in [0.1, 0.15) is 11.3 Å². The van der Waals surface area contributed by atoms with E-state index in [2.05, 4.69) is 14.9 Å². The summed E-state index contributed by atoms with van der Waals surface area (Å²) < 4.78 is 25.5. The number of rotatable bonds is 7. The van der Waals surface area contributed by atoms with Gasteiger partial charge in [-0.3, -0.25) is 4.79 Å². The molecule has 1 aromatic heterocycles. The number of amides is 1. The summed E-state index contributed by atoms with van der Waals surface area (Å²) in [5, 5.41) is 0.355. The Morgan fingerprint density at radius 3 is 2.40 bits per heavy atom. The molecule has 0 saturated carbocycles. The van der Waals surface area contributed by atoms with Crippen molar-refractivity contribution in [3.05, 3.63) is 47.8 Å². The molecule has 1 aliphatic heterocycles. The number of ether oxygens (including phenoxy) is 2. The molecule has 0 bridgehead atoms. The fraction of sp³-hybridized carbons (Fsp3) is 0.400. The Bertz CT molecular complexity index is 1200. The van der Waals surface area contributed by atoms with Gasteiger partial charge in [-0.15, -0.1) is 0 Å². The van der Waals surface area contributed by atoms with Crippen LogP contribution in [0.2, 0.25) is 0 Å². The molecule has 1 amide bonds. The Kier molecular flexibility index (Phi) is 7.20. The lowest BCUT2D eigenvalue weighted by Crippen LogP contribution is -2.49. The molecule has 10 heteroatoms. The number of fused-ring (bicyclic) bond motifs is 1. The number of nitrogen functional groups attached to an aromatic ring is 1. The molecule has 0 radical (unpaired) electrons. The number of piperazine rings is 1. The molecule has 2 N–H and O–H groups in total. The number of hydrogen-bond donors (Lipinski definition) is 1. The van der Waals surface area contributed by atoms with E-state index >= 15 is 4.39 Å². The van der Waals surface area contributed by atoms with Crippen molar-refractivity contribution in [2.45, 2.75) is 12.5 Å². The third-order valence-corrected chi connectivity index (χ3v) is 6.38. The number of carbonyl (C=O) groups excluding carboxylic acids is 1. The van der Waals surface area contributed by atoms with Gasteiger partial charge in [-0.1, -0.05) is 30.3 Å². The van der Waals surface area contributed by atoms with Gasteiger partial charge < -0.3 is 29.9 Å². The van der Waals surface area contributed by atoms with E-state index in [4.69, 9.17) is 15.2 Å². The monoisotopic (exact) mass is 482 g/mol. The molecule has 9 nitrogen and oxygen atoms in total. The van der Waals surface area contributed by atoms with Gasteiger partial charge in [0.15, 0.2) is 17.3 Å². The van der Waals surface area contributed by atoms with Crippen molar-refractivity contribution in [2.24, 2.45) is 0 Å². The van der Waals surface area contributed by atoms with Gasteiger partial charge in [0.05, 0.1) is 14.2 Å². The van der Waals surface area contributed by atoms with Crippen LogP contribution in [0.5, 0.6) is 11.5 Å². The van der Waals surface area contributed by atoms with Crippen LogP contribution in [0.15, 0.2) is 36.4 Å². The van der Waals surface area contributed by atoms with Gasteiger partial charge in [-0.05, 0) is 25.7 Å². The fourth-order valence-corrected chi connectivity index (χ4v) is 4.40. The number of benzene rings is 2. The molecular weight excluding hydrogens is 451 g/mol. The fourth-order valence-electron chi connectivity index (χ4n) is 4.40. The normalized spacial score (nSPS) is 14.9. The first-order chi connectivity index (χ1) is 16.8. The standard InChI is InChI=1S/C25H31FN6O3/c1-30(2)18(16-8-6-5-7-9-16)15-20(33)31-10-12-32(13-11-31)25-28-22-17(24(27)29-25)14-19(34-3)23(35-4)21(22)26/h5-9,14,18H,10-13,15H2,1-4H3,(H2,27,28,29). The van der Waals surface area contributed by atoms with E-state index in [1.54, 1.807) is 6.07 Å². The second-order valence-electron chi connectivity index (χ2n) is 8.69. The highest BCUT2D eigenvalue weighted by atomic mass is 19.1. The van der Waals surface area contributed by atoms with E-state index in [0.29, 0.717) is 43.9 Å². The van der Waals surface area contributed by atoms with Crippen LogP contribution in [0.4, 0.5) is 16.2 Å². The summed E-state index contributed by atoms with van der Waals surface area (Å²) in [6, 6.07) is 11.6. The Morgan fingerprint density at radius 2 is 1.80 bits per heavy atom. The van der Waals surface area contributed by atoms with Crippen LogP contribution in [-0.2, 0) is 4.79 Å². The number of carbonyl (C=O) groups is 1. The lowest BCUT2D eigenvalue weighted by atomic mass is 10.0. The van der Waals surface area contributed by atoms with Gasteiger partial charge in [-0.2, -0.15) is 4.98 Å². The molecule has 1 aliphatic rings. The number of halogens is 1. The number of aromatic nitrogens is 2. The average Bonchev–Trinajstić information content (AvgIpc) is 2.87. The molecule has 0 spiro atoms. The number of nitrogens with two attached hydrogens (primary N) is 1. The van der Waals surface area contributed by atoms with Crippen molar-refractivity contribution >= 4 is 28.6 Å². The summed E-state index contributed by atoms with van der Waals surface area (Å²) in [6.45, 7) is 2.07. The molecule has 186 valence electrons. The average molecular weight is 483 g/mol. The first-order valence-electron chi connectivity index (χ1n) is 11.5. The third kappa shape index (κ3) is 4.93. The lowest BCUT2D eigenvalue weighted by Gasteiger charge is -2.36. The molecule has 4 rings (SSSR count). The first kappa shape index (κ1) is 24.5. The highest BCUT2D eigenvalue weighted by Crippen LogP contribution is 2.37. The van der Waals surface area contributed by atoms with Crippen molar-refractivity contribution in [3.8, 4) is 11.5 Å². The zero-order valence-electron chi connectivity index (χ0n) is 20.5. The number of methoxy groups -OCH3 is 2. The zero-order chi connectivity index (χ0) is 25.1. The summed E-state index contributed by atoms with van der Waals surface area (Å²) >= 11 is 0. The van der Waals surface area contributed by atoms with Crippen LogP contribution in [0, 0.1) is 5.82 Å². The van der Waals surface area contributed by atoms with Crippen LogP contribution in [-0.4, -0.2) is 80.2 Å². The minimum Gasteiger partial charge on any atom is -0.493 e. The van der Waals surface area contributed by atoms with Crippen LogP contribution < -0.4 is 20.1 Å². The van der Waals surface area contributed by atoms with Crippen molar-refractivity contribution in [2.75, 3.05) is 65.1 Å². The summed E-state index contributed by atoms with van der Waals surface area (Å²) in [6.07, 6.45) is 0.392. The molecule has 1 atom stereocenters. The second-order valence-corrected chi connectivity index (χ2v) is 8.69. The van der Waals surface area contributed by atoms with Crippen molar-refractivity contribution in [1.82, 2.24) is 19.8 Å². The maximum Gasteiger partial charge on any atom is 0.228 e. The predicted octanol–water partition coefficient (Wildman–Crippen LogP) is 2.71. The Labute approximate surface area is 204 Å². The Morgan fingerprint density at radius 1 is 1.11 bits per heavy atom. The van der Waals surface area contributed by atoms with Gasteiger partial charge in [0.2, 0.25) is 11.9 Å². The van der Waals surface area contributed by atoms with Crippen LogP contribution in [0.3, 0.4) is 0 Å². The van der Waals surface area contributed by atoms with Gasteiger partial charge in [0.25, 0.3) is 0 Å². The second kappa shape index (κ2) is 10.3. The molecule has 1 saturated heterocycles. The lowest BCUT2D eigenvalue weighted by molar-refractivity contribution is -0.132. The maximum atomic E-state index is 15.1. The summed E-state index contributed by atoms with van der Waals surface area (Å²) in [7, 11) is 6.76. The van der Waals surface area contributed by atoms with Crippen LogP contribution in [0.25, 0.3) is 10.9 Å². The largest absolute Gasteiger partial charge is 0.493 e. The van der Waals surface area contributed by atoms with E-state index in [-0.39, 0.29) is 34.8 Å². The highest BCUT2D eigenvalue weighted by molar-refractivity contribution is 5.92. The molecule has 1 unspecified atom stereocenters. The van der Waals surface area contributed by atoms with Crippen molar-refractivity contribution in [1.29, 1.82) is 0 Å². The van der Waals surface area contributed by atoms with Crippen LogP contribution in [0.1, 0.15) is 18.0 Å². The SMILES string of the molecule is COc1cc2c(N)nc(N3CCN(C(=O)CC(c4ccccc4)N(C)C)CC3)nc2c(F)c1OC. The number of nitrogens with zero attached hydrogens (tertiary/aromatic N) is 5. The van der Waals surface area contributed by atoms with E-state index in [0.717, 1.165) is 5.56 Å². The molecule has 35 heavy (non-hydrogen) atoms. The van der Waals surface area contributed by atoms with E-state index in [9.17, 15) is 4.79 Å². The minimum atomic E-state index is -0.651. The van der Waals surface area contributed by atoms with Crippen molar-refractivity contribution < 1.29 is 18.7 Å². The quantitative estimate of drug-likeness (QED) is 0.549. The molecule has 2 aromatic carbocycles. The van der Waals surface area contributed by atoms with Crippen LogP contribution >= 0.6 is 0 Å². The van der Waals surface area contributed by atoms with E-state index in [1.807, 2.05) is 54.2 Å². The minimum absolute atomic E-state index is 0.000274. The van der Waals surface area contributed by atoms with E-state index < -0.39 is 5.82 Å². The maximum absolute atomic E-state index is 15.1. The zero-order valence-corrected chi connectivity index (χ0v) is 20.5. The van der Waals surface area contributed by atoms with Crippen molar-refractivity contribution in [3.63, 3.8) is 0 Å². The van der Waals surface area contributed by atoms with E-state index in [1.165, 1.54) is 14.2 Å². The molecule has 2 heterocycles. The number of anilines is 2.